The number of amides is 1. The van der Waals surface area contributed by atoms with E-state index in [0.717, 1.165) is 12.8 Å². The minimum Gasteiger partial charge on any atom is -0.444 e. The molecule has 0 saturated carbocycles. The summed E-state index contributed by atoms with van der Waals surface area (Å²) in [7, 11) is 1.57. The maximum absolute atomic E-state index is 12.5. The largest absolute Gasteiger partial charge is 0.444 e. The molecule has 30 heavy (non-hydrogen) atoms. The van der Waals surface area contributed by atoms with Crippen LogP contribution in [0.25, 0.3) is 11.2 Å². The lowest BCUT2D eigenvalue weighted by atomic mass is 10.1. The van der Waals surface area contributed by atoms with E-state index in [9.17, 15) is 14.4 Å². The number of alkyl carbamates (subject to hydrolysis) is 1. The summed E-state index contributed by atoms with van der Waals surface area (Å²) in [5.41, 5.74) is -0.980. The number of nitrogens with one attached hydrogen (secondary N) is 2. The summed E-state index contributed by atoms with van der Waals surface area (Å²) in [5, 5.41) is 2.91. The number of carbonyl (C=O) groups is 1. The molecule has 0 radical (unpaired) electrons. The van der Waals surface area contributed by atoms with Crippen LogP contribution in [0.4, 0.5) is 10.7 Å². The summed E-state index contributed by atoms with van der Waals surface area (Å²) < 4.78 is 8.40. The number of aromatic nitrogens is 4. The first-order valence-electron chi connectivity index (χ1n) is 9.94. The first-order valence-corrected chi connectivity index (χ1v) is 9.94. The Labute approximate surface area is 174 Å². The number of aryl methyl sites for hydroxylation is 1. The molecule has 2 aromatic rings. The van der Waals surface area contributed by atoms with Gasteiger partial charge in [0.15, 0.2) is 11.2 Å². The molecule has 3 heterocycles. The van der Waals surface area contributed by atoms with Crippen molar-refractivity contribution in [2.24, 2.45) is 7.05 Å². The molecule has 1 amide bonds. The van der Waals surface area contributed by atoms with Crippen LogP contribution in [0.2, 0.25) is 0 Å². The zero-order chi connectivity index (χ0) is 22.1. The van der Waals surface area contributed by atoms with Crippen LogP contribution < -0.4 is 21.5 Å². The fourth-order valence-electron chi connectivity index (χ4n) is 3.52. The SMILES string of the molecule is CC#CCn1c(N2CCC[C@H](NC(=O)OC(C)(C)C)C2)nc2c1c(=O)[nH]c(=O)n2C. The van der Waals surface area contributed by atoms with E-state index in [4.69, 9.17) is 4.74 Å². The van der Waals surface area contributed by atoms with Crippen LogP contribution >= 0.6 is 0 Å². The molecule has 2 aromatic heterocycles. The molecule has 1 fully saturated rings. The van der Waals surface area contributed by atoms with E-state index in [1.807, 2.05) is 25.7 Å². The minimum atomic E-state index is -0.572. The van der Waals surface area contributed by atoms with E-state index >= 15 is 0 Å². The van der Waals surface area contributed by atoms with E-state index in [2.05, 4.69) is 27.1 Å². The van der Waals surface area contributed by atoms with Crippen molar-refractivity contribution >= 4 is 23.2 Å². The number of H-pyrrole nitrogens is 1. The van der Waals surface area contributed by atoms with Gasteiger partial charge in [0, 0.05) is 26.2 Å². The molecular formula is C20H28N6O4. The van der Waals surface area contributed by atoms with Gasteiger partial charge in [-0.15, -0.1) is 5.92 Å². The van der Waals surface area contributed by atoms with Crippen molar-refractivity contribution in [3.8, 4) is 11.8 Å². The Bertz CT molecular complexity index is 1120. The molecule has 10 nitrogen and oxygen atoms in total. The van der Waals surface area contributed by atoms with Crippen molar-refractivity contribution in [1.82, 2.24) is 24.4 Å². The zero-order valence-corrected chi connectivity index (χ0v) is 18.0. The summed E-state index contributed by atoms with van der Waals surface area (Å²) in [6.45, 7) is 8.66. The molecule has 1 atom stereocenters. The van der Waals surface area contributed by atoms with Crippen molar-refractivity contribution in [3.05, 3.63) is 20.8 Å². The van der Waals surface area contributed by atoms with E-state index < -0.39 is 22.9 Å². The Morgan fingerprint density at radius 1 is 1.37 bits per heavy atom. The second kappa shape index (κ2) is 8.26. The number of piperidine rings is 1. The van der Waals surface area contributed by atoms with Gasteiger partial charge in [-0.3, -0.25) is 18.9 Å². The monoisotopic (exact) mass is 416 g/mol. The highest BCUT2D eigenvalue weighted by atomic mass is 16.6. The fourth-order valence-corrected chi connectivity index (χ4v) is 3.52. The first-order chi connectivity index (χ1) is 14.1. The molecule has 0 bridgehead atoms. The second-order valence-corrected chi connectivity index (χ2v) is 8.35. The summed E-state index contributed by atoms with van der Waals surface area (Å²) >= 11 is 0. The van der Waals surface area contributed by atoms with Gasteiger partial charge in [0.2, 0.25) is 5.95 Å². The fraction of sp³-hybridized carbons (Fsp3) is 0.600. The van der Waals surface area contributed by atoms with Gasteiger partial charge in [-0.2, -0.15) is 4.98 Å². The minimum absolute atomic E-state index is 0.124. The Morgan fingerprint density at radius 2 is 2.10 bits per heavy atom. The zero-order valence-electron chi connectivity index (χ0n) is 18.0. The van der Waals surface area contributed by atoms with Gasteiger partial charge in [-0.25, -0.2) is 9.59 Å². The van der Waals surface area contributed by atoms with Crippen LogP contribution in [-0.4, -0.2) is 49.9 Å². The maximum atomic E-state index is 12.5. The van der Waals surface area contributed by atoms with Crippen LogP contribution in [0, 0.1) is 11.8 Å². The molecule has 0 spiro atoms. The average molecular weight is 416 g/mol. The molecular weight excluding hydrogens is 388 g/mol. The van der Waals surface area contributed by atoms with Crippen molar-refractivity contribution in [1.29, 1.82) is 0 Å². The van der Waals surface area contributed by atoms with Gasteiger partial charge >= 0.3 is 11.8 Å². The Hall–Kier alpha value is -3.22. The molecule has 0 unspecified atom stereocenters. The predicted octanol–water partition coefficient (Wildman–Crippen LogP) is 0.940. The number of ether oxygens (including phenoxy) is 1. The second-order valence-electron chi connectivity index (χ2n) is 8.35. The van der Waals surface area contributed by atoms with Crippen molar-refractivity contribution < 1.29 is 9.53 Å². The van der Waals surface area contributed by atoms with Crippen LogP contribution in [0.1, 0.15) is 40.5 Å². The highest BCUT2D eigenvalue weighted by Crippen LogP contribution is 2.23. The lowest BCUT2D eigenvalue weighted by Crippen LogP contribution is -2.49. The van der Waals surface area contributed by atoms with Crippen molar-refractivity contribution in [2.75, 3.05) is 18.0 Å². The number of anilines is 1. The third-order valence-electron chi connectivity index (χ3n) is 4.83. The van der Waals surface area contributed by atoms with Gasteiger partial charge in [-0.1, -0.05) is 5.92 Å². The standard InChI is InChI=1S/C20H28N6O4/c1-6-7-11-26-14-15(24(5)18(28)23-16(14)27)22-17(26)25-10-8-9-13(12-25)21-19(29)30-20(2,3)4/h13H,8-12H2,1-5H3,(H,21,29)(H,23,27,28)/t13-/m0/s1. The molecule has 2 N–H and O–H groups in total. The van der Waals surface area contributed by atoms with Gasteiger partial charge in [0.1, 0.15) is 5.60 Å². The number of aromatic amines is 1. The number of hydrogen-bond acceptors (Lipinski definition) is 6. The van der Waals surface area contributed by atoms with Gasteiger partial charge in [0.25, 0.3) is 5.56 Å². The summed E-state index contributed by atoms with van der Waals surface area (Å²) in [5.74, 6) is 6.35. The maximum Gasteiger partial charge on any atom is 0.407 e. The van der Waals surface area contributed by atoms with Crippen LogP contribution in [0.3, 0.4) is 0 Å². The summed E-state index contributed by atoms with van der Waals surface area (Å²) in [6, 6.07) is -0.124. The third kappa shape index (κ3) is 4.50. The summed E-state index contributed by atoms with van der Waals surface area (Å²) in [4.78, 5) is 45.6. The normalized spacial score (nSPS) is 16.8. The van der Waals surface area contributed by atoms with Gasteiger partial charge in [0.05, 0.1) is 6.54 Å². The molecule has 1 saturated heterocycles. The quantitative estimate of drug-likeness (QED) is 0.720. The molecule has 1 aliphatic rings. The topological polar surface area (TPSA) is 114 Å². The molecule has 3 rings (SSSR count). The molecule has 1 aliphatic heterocycles. The molecule has 0 aliphatic carbocycles. The Balaban J connectivity index is 1.95. The number of carbonyl (C=O) groups excluding carboxylic acids is 1. The Morgan fingerprint density at radius 3 is 2.77 bits per heavy atom. The predicted molar refractivity (Wildman–Crippen MR) is 114 cm³/mol. The highest BCUT2D eigenvalue weighted by Gasteiger charge is 2.28. The average Bonchev–Trinajstić information content (AvgIpc) is 3.03. The number of fused-ring (bicyclic) bond motifs is 1. The van der Waals surface area contributed by atoms with Crippen LogP contribution in [0.5, 0.6) is 0 Å². The summed E-state index contributed by atoms with van der Waals surface area (Å²) in [6.07, 6.45) is 1.18. The first kappa shape index (κ1) is 21.5. The van der Waals surface area contributed by atoms with Gasteiger partial charge < -0.3 is 15.0 Å². The van der Waals surface area contributed by atoms with E-state index in [1.54, 1.807) is 18.5 Å². The lowest BCUT2D eigenvalue weighted by Gasteiger charge is -2.34. The van der Waals surface area contributed by atoms with Crippen molar-refractivity contribution in [3.63, 3.8) is 0 Å². The van der Waals surface area contributed by atoms with Crippen LogP contribution in [-0.2, 0) is 18.3 Å². The Kier molecular flexibility index (Phi) is 5.92. The number of nitrogens with zero attached hydrogens (tertiary/aromatic N) is 4. The smallest absolute Gasteiger partial charge is 0.407 e. The van der Waals surface area contributed by atoms with Crippen LogP contribution in [0.15, 0.2) is 9.59 Å². The molecule has 0 aromatic carbocycles. The van der Waals surface area contributed by atoms with Crippen molar-refractivity contribution in [2.45, 2.75) is 58.7 Å². The number of rotatable bonds is 3. The third-order valence-corrected chi connectivity index (χ3v) is 4.83. The number of imidazole rings is 1. The van der Waals surface area contributed by atoms with Gasteiger partial charge in [-0.05, 0) is 40.5 Å². The number of hydrogen-bond donors (Lipinski definition) is 2. The van der Waals surface area contributed by atoms with E-state index in [0.29, 0.717) is 30.2 Å². The highest BCUT2D eigenvalue weighted by molar-refractivity contribution is 5.74. The lowest BCUT2D eigenvalue weighted by molar-refractivity contribution is 0.0500. The molecule has 10 heteroatoms. The molecule has 162 valence electrons. The van der Waals surface area contributed by atoms with E-state index in [-0.39, 0.29) is 12.6 Å². The van der Waals surface area contributed by atoms with E-state index in [1.165, 1.54) is 4.57 Å².